The summed E-state index contributed by atoms with van der Waals surface area (Å²) >= 11 is 16.0. The van der Waals surface area contributed by atoms with E-state index in [-0.39, 0.29) is 42.7 Å². The fourth-order valence-electron chi connectivity index (χ4n) is 8.98. The van der Waals surface area contributed by atoms with Crippen LogP contribution in [-0.4, -0.2) is 45.3 Å². The first-order valence-electron chi connectivity index (χ1n) is 17.6. The normalized spacial score (nSPS) is 25.8. The van der Waals surface area contributed by atoms with Crippen molar-refractivity contribution in [2.45, 2.75) is 37.3 Å². The Balaban J connectivity index is 1.32. The fourth-order valence-corrected chi connectivity index (χ4v) is 9.58. The first-order chi connectivity index (χ1) is 26.7. The molecule has 6 atom stereocenters. The van der Waals surface area contributed by atoms with Gasteiger partial charge in [-0.05, 0) is 91.4 Å². The van der Waals surface area contributed by atoms with Gasteiger partial charge in [0.05, 0.1) is 46.0 Å². The van der Waals surface area contributed by atoms with Gasteiger partial charge in [-0.1, -0.05) is 69.0 Å². The number of benzene rings is 3. The summed E-state index contributed by atoms with van der Waals surface area (Å²) in [6.45, 7) is 1.93. The summed E-state index contributed by atoms with van der Waals surface area (Å²) in [5, 5.41) is 11.3. The quantitative estimate of drug-likeness (QED) is 0.140. The number of phenols is 1. The molecule has 8 rings (SSSR count). The van der Waals surface area contributed by atoms with Crippen molar-refractivity contribution in [2.75, 3.05) is 16.9 Å². The van der Waals surface area contributed by atoms with Gasteiger partial charge in [0, 0.05) is 21.6 Å². The van der Waals surface area contributed by atoms with Gasteiger partial charge in [0.25, 0.3) is 11.8 Å². The second-order valence-corrected chi connectivity index (χ2v) is 15.8. The van der Waals surface area contributed by atoms with Gasteiger partial charge in [0.1, 0.15) is 0 Å². The molecule has 0 bridgehead atoms. The van der Waals surface area contributed by atoms with Crippen LogP contribution in [0.15, 0.2) is 95.1 Å². The smallest absolute Gasteiger partial charge is 0.417 e. The molecule has 1 aromatic heterocycles. The van der Waals surface area contributed by atoms with Crippen LogP contribution in [0.3, 0.4) is 0 Å². The number of hydrogen-bond acceptors (Lipinski definition) is 8. The number of phenolic OH excluding ortho intramolecular Hbond substituents is 1. The molecule has 2 saturated heterocycles. The predicted molar refractivity (Wildman–Crippen MR) is 203 cm³/mol. The van der Waals surface area contributed by atoms with Crippen molar-refractivity contribution in [1.29, 1.82) is 0 Å². The Kier molecular flexibility index (Phi) is 9.44. The number of aromatic hydroxyl groups is 1. The Morgan fingerprint density at radius 3 is 2.34 bits per heavy atom. The second kappa shape index (κ2) is 13.9. The van der Waals surface area contributed by atoms with Crippen molar-refractivity contribution in [3.63, 3.8) is 0 Å². The van der Waals surface area contributed by atoms with E-state index >= 15 is 4.79 Å². The number of alkyl halides is 3. The molecule has 0 radical (unpaired) electrons. The van der Waals surface area contributed by atoms with E-state index in [1.54, 1.807) is 67.6 Å². The number of ether oxygens (including phenoxy) is 1. The molecule has 16 heteroatoms. The van der Waals surface area contributed by atoms with Crippen LogP contribution in [0, 0.1) is 23.7 Å². The van der Waals surface area contributed by atoms with Crippen LogP contribution >= 0.6 is 39.1 Å². The van der Waals surface area contributed by atoms with Gasteiger partial charge in [0.15, 0.2) is 17.3 Å². The highest BCUT2D eigenvalue weighted by atomic mass is 79.9. The zero-order valence-corrected chi connectivity index (χ0v) is 32.3. The molecule has 4 aromatic rings. The molecule has 6 unspecified atom stereocenters. The lowest BCUT2D eigenvalue weighted by Gasteiger charge is -2.50. The topological polar surface area (TPSA) is 129 Å². The third-order valence-electron chi connectivity index (χ3n) is 11.3. The molecule has 3 heterocycles. The lowest BCUT2D eigenvalue weighted by atomic mass is 9.49. The molecule has 10 nitrogen and oxygen atoms in total. The second-order valence-electron chi connectivity index (χ2n) is 14.1. The summed E-state index contributed by atoms with van der Waals surface area (Å²) < 4.78 is 47.0. The molecule has 2 aliphatic heterocycles. The van der Waals surface area contributed by atoms with Crippen LogP contribution in [0.5, 0.6) is 11.5 Å². The van der Waals surface area contributed by atoms with Gasteiger partial charge >= 0.3 is 6.18 Å². The summed E-state index contributed by atoms with van der Waals surface area (Å²) in [4.78, 5) is 63.8. The zero-order valence-electron chi connectivity index (χ0n) is 29.2. The number of amides is 4. The Labute approximate surface area is 336 Å². The molecule has 288 valence electrons. The number of anilines is 2. The maximum Gasteiger partial charge on any atom is 0.417 e. The number of rotatable bonds is 7. The molecule has 4 amide bonds. The monoisotopic (exact) mass is 868 g/mol. The average molecular weight is 871 g/mol. The third-order valence-corrected chi connectivity index (χ3v) is 12.3. The number of hydrogen-bond donors (Lipinski definition) is 2. The van der Waals surface area contributed by atoms with Gasteiger partial charge in [0.2, 0.25) is 11.8 Å². The van der Waals surface area contributed by atoms with Crippen molar-refractivity contribution in [3.05, 3.63) is 122 Å². The molecular weight excluding hydrogens is 840 g/mol. The number of nitrogens with zero attached hydrogens (tertiary/aromatic N) is 3. The summed E-state index contributed by atoms with van der Waals surface area (Å²) in [7, 11) is 0. The third kappa shape index (κ3) is 5.87. The van der Waals surface area contributed by atoms with Crippen molar-refractivity contribution >= 4 is 74.3 Å². The number of hydrazine groups is 1. The van der Waals surface area contributed by atoms with E-state index in [0.717, 1.165) is 9.48 Å². The first-order valence-corrected chi connectivity index (χ1v) is 19.1. The first kappa shape index (κ1) is 38.0. The van der Waals surface area contributed by atoms with Crippen molar-refractivity contribution in [1.82, 2.24) is 9.99 Å². The van der Waals surface area contributed by atoms with Crippen molar-refractivity contribution in [2.24, 2.45) is 23.7 Å². The molecule has 56 heavy (non-hydrogen) atoms. The summed E-state index contributed by atoms with van der Waals surface area (Å²) in [5.74, 6) is -7.31. The van der Waals surface area contributed by atoms with Crippen LogP contribution in [0.25, 0.3) is 0 Å². The summed E-state index contributed by atoms with van der Waals surface area (Å²) in [6.07, 6.45) is -2.23. The van der Waals surface area contributed by atoms with E-state index in [1.165, 1.54) is 11.0 Å². The number of nitrogens with one attached hydrogen (secondary N) is 1. The summed E-state index contributed by atoms with van der Waals surface area (Å²) in [6, 6.07) is 18.5. The Morgan fingerprint density at radius 2 is 1.68 bits per heavy atom. The highest BCUT2D eigenvalue weighted by molar-refractivity contribution is 9.10. The Hall–Kier alpha value is -4.92. The van der Waals surface area contributed by atoms with Crippen LogP contribution in [0.2, 0.25) is 10.0 Å². The zero-order chi connectivity index (χ0) is 39.8. The summed E-state index contributed by atoms with van der Waals surface area (Å²) in [5.41, 5.74) is 1.63. The SMILES string of the molecule is CCOc1cc(C2C3=CCC4C(=O)N(c5ccc(Br)cc5)C(=O)C4C3CC3C(=O)N(Nc4ncc(C(F)(F)F)cc4Cl)C(=O)C32c2ccc(Cl)cc2)ccc1O. The predicted octanol–water partition coefficient (Wildman–Crippen LogP) is 8.46. The van der Waals surface area contributed by atoms with E-state index in [9.17, 15) is 32.7 Å². The number of pyridine rings is 1. The maximum atomic E-state index is 15.4. The van der Waals surface area contributed by atoms with E-state index in [1.807, 2.05) is 6.08 Å². The van der Waals surface area contributed by atoms with Crippen LogP contribution in [0.1, 0.15) is 42.4 Å². The molecule has 2 N–H and O–H groups in total. The van der Waals surface area contributed by atoms with Gasteiger partial charge in [-0.3, -0.25) is 29.5 Å². The Bertz CT molecular complexity index is 2340. The van der Waals surface area contributed by atoms with Crippen molar-refractivity contribution < 1.29 is 42.2 Å². The average Bonchev–Trinajstić information content (AvgIpc) is 3.54. The number of carbonyl (C=O) groups excluding carboxylic acids is 4. The van der Waals surface area contributed by atoms with E-state index in [0.29, 0.717) is 39.7 Å². The molecule has 1 saturated carbocycles. The van der Waals surface area contributed by atoms with Crippen LogP contribution in [-0.2, 0) is 30.8 Å². The minimum Gasteiger partial charge on any atom is -0.504 e. The van der Waals surface area contributed by atoms with Gasteiger partial charge in [-0.25, -0.2) is 4.98 Å². The van der Waals surface area contributed by atoms with Gasteiger partial charge in [-0.2, -0.15) is 18.2 Å². The molecular formula is C40H30BrCl2F3N4O6. The highest BCUT2D eigenvalue weighted by Crippen LogP contribution is 2.64. The number of aromatic nitrogens is 1. The molecule has 3 fully saturated rings. The van der Waals surface area contributed by atoms with E-state index in [2.05, 4.69) is 26.3 Å². The number of fused-ring (bicyclic) bond motifs is 4. The number of carbonyl (C=O) groups is 4. The number of imide groups is 2. The highest BCUT2D eigenvalue weighted by Gasteiger charge is 2.70. The minimum atomic E-state index is -4.76. The number of allylic oxidation sites excluding steroid dienone is 2. The van der Waals surface area contributed by atoms with Crippen LogP contribution < -0.4 is 15.1 Å². The minimum absolute atomic E-state index is 0.0490. The number of halogens is 6. The standard InChI is InChI=1S/C40H30BrCl2F3N4O6/c1-2-56-31-15-19(3-14-30(31)51)33-25-12-13-26-32(37(54)49(35(26)52)24-10-6-22(41)7-11-24)27(25)17-28-36(53)50(38(55)39(28,33)20-4-8-23(42)9-5-20)48-34-29(43)16-21(18-47-34)40(44,45)46/h3-12,14-16,18,26-28,32-33,51H,2,13,17H2,1H3,(H,47,48). The van der Waals surface area contributed by atoms with Crippen molar-refractivity contribution in [3.8, 4) is 11.5 Å². The molecule has 3 aromatic carbocycles. The maximum absolute atomic E-state index is 15.4. The molecule has 0 spiro atoms. The van der Waals surface area contributed by atoms with E-state index < -0.39 is 69.5 Å². The van der Waals surface area contributed by atoms with Gasteiger partial charge in [-0.15, -0.1) is 0 Å². The largest absolute Gasteiger partial charge is 0.504 e. The molecule has 4 aliphatic rings. The van der Waals surface area contributed by atoms with Gasteiger partial charge < -0.3 is 9.84 Å². The van der Waals surface area contributed by atoms with E-state index in [4.69, 9.17) is 27.9 Å². The lowest BCUT2D eigenvalue weighted by molar-refractivity contribution is -0.139. The fraction of sp³-hybridized carbons (Fsp3) is 0.275. The molecule has 2 aliphatic carbocycles. The van der Waals surface area contributed by atoms with Crippen LogP contribution in [0.4, 0.5) is 24.7 Å². The lowest BCUT2D eigenvalue weighted by Crippen LogP contribution is -2.53. The Morgan fingerprint density at radius 1 is 0.964 bits per heavy atom.